The summed E-state index contributed by atoms with van der Waals surface area (Å²) >= 11 is 0. The van der Waals surface area contributed by atoms with Gasteiger partial charge in [-0.15, -0.1) is 0 Å². The Morgan fingerprint density at radius 1 is 1.07 bits per heavy atom. The molecule has 0 fully saturated rings. The Hall–Kier alpha value is -3.26. The molecule has 0 radical (unpaired) electrons. The van der Waals surface area contributed by atoms with Gasteiger partial charge in [0.25, 0.3) is 15.9 Å². The Kier molecular flexibility index (Phi) is 4.91. The van der Waals surface area contributed by atoms with Crippen molar-refractivity contribution in [2.45, 2.75) is 4.90 Å². The number of benzene rings is 2. The van der Waals surface area contributed by atoms with Crippen LogP contribution in [0, 0.1) is 0 Å². The fourth-order valence-electron chi connectivity index (χ4n) is 2.77. The normalized spacial score (nSPS) is 11.2. The maximum atomic E-state index is 12.8. The first-order valence-corrected chi connectivity index (χ1v) is 9.65. The third-order valence-corrected chi connectivity index (χ3v) is 5.53. The number of nitrogens with one attached hydrogen (secondary N) is 1. The second-order valence-corrected chi connectivity index (χ2v) is 7.74. The first-order valence-electron chi connectivity index (χ1n) is 8.16. The van der Waals surface area contributed by atoms with Gasteiger partial charge in [0.15, 0.2) is 0 Å². The average molecular weight is 384 g/mol. The van der Waals surface area contributed by atoms with E-state index in [0.717, 1.165) is 5.69 Å². The SMILES string of the molecule is CN(c1ccccc1)c1ccccc1NS(=O)(=O)c1cc(C(N)=O)n(C)c1. The van der Waals surface area contributed by atoms with Crippen molar-refractivity contribution in [2.75, 3.05) is 16.7 Å². The van der Waals surface area contributed by atoms with Gasteiger partial charge in [-0.05, 0) is 30.3 Å². The molecule has 0 bridgehead atoms. The van der Waals surface area contributed by atoms with Gasteiger partial charge in [-0.2, -0.15) is 0 Å². The number of aryl methyl sites for hydroxylation is 1. The summed E-state index contributed by atoms with van der Waals surface area (Å²) in [6, 6.07) is 18.0. The smallest absolute Gasteiger partial charge is 0.265 e. The molecule has 0 saturated heterocycles. The highest BCUT2D eigenvalue weighted by atomic mass is 32.2. The predicted molar refractivity (Wildman–Crippen MR) is 106 cm³/mol. The van der Waals surface area contributed by atoms with E-state index in [1.54, 1.807) is 19.2 Å². The fraction of sp³-hybridized carbons (Fsp3) is 0.105. The number of carbonyl (C=O) groups excluding carboxylic acids is 1. The lowest BCUT2D eigenvalue weighted by atomic mass is 10.2. The van der Waals surface area contributed by atoms with Crippen LogP contribution < -0.4 is 15.4 Å². The minimum Gasteiger partial charge on any atom is -0.364 e. The molecular formula is C19H20N4O3S. The third-order valence-electron chi connectivity index (χ3n) is 4.20. The quantitative estimate of drug-likeness (QED) is 0.683. The molecule has 7 nitrogen and oxygen atoms in total. The molecule has 0 spiro atoms. The topological polar surface area (TPSA) is 97.4 Å². The van der Waals surface area contributed by atoms with Crippen LogP contribution in [0.1, 0.15) is 10.5 Å². The van der Waals surface area contributed by atoms with Crippen molar-refractivity contribution >= 4 is 33.0 Å². The van der Waals surface area contributed by atoms with E-state index in [2.05, 4.69) is 4.72 Å². The second kappa shape index (κ2) is 7.16. The summed E-state index contributed by atoms with van der Waals surface area (Å²) in [5, 5.41) is 0. The molecule has 140 valence electrons. The summed E-state index contributed by atoms with van der Waals surface area (Å²) in [5.74, 6) is -0.692. The molecule has 0 saturated carbocycles. The largest absolute Gasteiger partial charge is 0.364 e. The van der Waals surface area contributed by atoms with Crippen LogP contribution in [-0.4, -0.2) is 25.9 Å². The molecule has 27 heavy (non-hydrogen) atoms. The number of aromatic nitrogens is 1. The third kappa shape index (κ3) is 3.80. The van der Waals surface area contributed by atoms with Gasteiger partial charge in [0.05, 0.1) is 11.4 Å². The Balaban J connectivity index is 1.96. The molecule has 0 aliphatic heterocycles. The monoisotopic (exact) mass is 384 g/mol. The van der Waals surface area contributed by atoms with E-state index in [1.165, 1.54) is 16.8 Å². The van der Waals surface area contributed by atoms with Crippen molar-refractivity contribution in [2.24, 2.45) is 12.8 Å². The predicted octanol–water partition coefficient (Wildman–Crippen LogP) is 2.69. The van der Waals surface area contributed by atoms with Crippen molar-refractivity contribution < 1.29 is 13.2 Å². The van der Waals surface area contributed by atoms with E-state index in [1.807, 2.05) is 54.4 Å². The van der Waals surface area contributed by atoms with Gasteiger partial charge in [-0.25, -0.2) is 8.42 Å². The van der Waals surface area contributed by atoms with Crippen molar-refractivity contribution in [3.63, 3.8) is 0 Å². The standard InChI is InChI=1S/C19H20N4O3S/c1-22-13-15(12-18(22)19(20)24)27(25,26)21-16-10-6-7-11-17(16)23(2)14-8-4-3-5-9-14/h3-13,21H,1-2H3,(H2,20,24). The number of nitrogens with two attached hydrogens (primary N) is 1. The van der Waals surface area contributed by atoms with Crippen molar-refractivity contribution in [3.8, 4) is 0 Å². The Bertz CT molecular complexity index is 1080. The van der Waals surface area contributed by atoms with Crippen LogP contribution in [0.4, 0.5) is 17.1 Å². The molecule has 1 heterocycles. The lowest BCUT2D eigenvalue weighted by Crippen LogP contribution is -2.17. The zero-order valence-corrected chi connectivity index (χ0v) is 15.8. The van der Waals surface area contributed by atoms with Crippen LogP contribution in [0.3, 0.4) is 0 Å². The van der Waals surface area contributed by atoms with E-state index in [4.69, 9.17) is 5.73 Å². The highest BCUT2D eigenvalue weighted by Crippen LogP contribution is 2.32. The number of carbonyl (C=O) groups is 1. The summed E-state index contributed by atoms with van der Waals surface area (Å²) in [6.07, 6.45) is 1.35. The van der Waals surface area contributed by atoms with Crippen LogP contribution in [-0.2, 0) is 17.1 Å². The van der Waals surface area contributed by atoms with E-state index >= 15 is 0 Å². The molecule has 1 amide bonds. The fourth-order valence-corrected chi connectivity index (χ4v) is 3.92. The number of para-hydroxylation sites is 3. The Morgan fingerprint density at radius 3 is 2.33 bits per heavy atom. The highest BCUT2D eigenvalue weighted by molar-refractivity contribution is 7.92. The first kappa shape index (κ1) is 18.5. The number of anilines is 3. The van der Waals surface area contributed by atoms with Crippen LogP contribution in [0.5, 0.6) is 0 Å². The van der Waals surface area contributed by atoms with Gasteiger partial charge in [-0.3, -0.25) is 9.52 Å². The van der Waals surface area contributed by atoms with E-state index < -0.39 is 15.9 Å². The second-order valence-electron chi connectivity index (χ2n) is 6.05. The molecule has 0 unspecified atom stereocenters. The van der Waals surface area contributed by atoms with Gasteiger partial charge >= 0.3 is 0 Å². The Morgan fingerprint density at radius 2 is 1.70 bits per heavy atom. The number of hydrogen-bond acceptors (Lipinski definition) is 4. The first-order chi connectivity index (χ1) is 12.8. The number of nitrogens with zero attached hydrogens (tertiary/aromatic N) is 2. The van der Waals surface area contributed by atoms with Crippen LogP contribution in [0.2, 0.25) is 0 Å². The van der Waals surface area contributed by atoms with Gasteiger partial charge < -0.3 is 15.2 Å². The number of primary amides is 1. The van der Waals surface area contributed by atoms with Gasteiger partial charge in [-0.1, -0.05) is 30.3 Å². The molecule has 0 aliphatic carbocycles. The molecule has 2 aromatic carbocycles. The highest BCUT2D eigenvalue weighted by Gasteiger charge is 2.21. The van der Waals surface area contributed by atoms with Crippen LogP contribution in [0.15, 0.2) is 71.8 Å². The molecule has 3 N–H and O–H groups in total. The molecule has 0 aliphatic rings. The van der Waals surface area contributed by atoms with Gasteiger partial charge in [0.1, 0.15) is 10.6 Å². The van der Waals surface area contributed by atoms with E-state index in [9.17, 15) is 13.2 Å². The van der Waals surface area contributed by atoms with Gasteiger partial charge in [0.2, 0.25) is 0 Å². The molecule has 1 aromatic heterocycles. The molecule has 0 atom stereocenters. The minimum absolute atomic E-state index is 0.0315. The minimum atomic E-state index is -3.89. The lowest BCUT2D eigenvalue weighted by molar-refractivity contribution is 0.0992. The van der Waals surface area contributed by atoms with Crippen molar-refractivity contribution in [1.29, 1.82) is 0 Å². The maximum absolute atomic E-state index is 12.8. The zero-order valence-electron chi connectivity index (χ0n) is 15.0. The number of hydrogen-bond donors (Lipinski definition) is 2. The van der Waals surface area contributed by atoms with Gasteiger partial charge in [0, 0.05) is 26.0 Å². The summed E-state index contributed by atoms with van der Waals surface area (Å²) in [6.45, 7) is 0. The Labute approximate surface area is 158 Å². The van der Waals surface area contributed by atoms with Crippen LogP contribution >= 0.6 is 0 Å². The summed E-state index contributed by atoms with van der Waals surface area (Å²) in [4.78, 5) is 13.3. The average Bonchev–Trinajstić information content (AvgIpc) is 3.05. The van der Waals surface area contributed by atoms with Crippen LogP contribution in [0.25, 0.3) is 0 Å². The lowest BCUT2D eigenvalue weighted by Gasteiger charge is -2.23. The zero-order chi connectivity index (χ0) is 19.6. The molecule has 8 heteroatoms. The van der Waals surface area contributed by atoms with Crippen molar-refractivity contribution in [1.82, 2.24) is 4.57 Å². The van der Waals surface area contributed by atoms with Crippen molar-refractivity contribution in [3.05, 3.63) is 72.6 Å². The number of amides is 1. The molecule has 3 aromatic rings. The summed E-state index contributed by atoms with van der Waals surface area (Å²) in [5.41, 5.74) is 7.42. The number of sulfonamides is 1. The number of rotatable bonds is 6. The summed E-state index contributed by atoms with van der Waals surface area (Å²) in [7, 11) is -0.469. The maximum Gasteiger partial charge on any atom is 0.265 e. The molecule has 3 rings (SSSR count). The molecular weight excluding hydrogens is 364 g/mol. The summed E-state index contributed by atoms with van der Waals surface area (Å²) < 4.78 is 29.6. The van der Waals surface area contributed by atoms with E-state index in [-0.39, 0.29) is 10.6 Å². The van der Waals surface area contributed by atoms with E-state index in [0.29, 0.717) is 11.4 Å².